The zero-order valence-electron chi connectivity index (χ0n) is 13.6. The molecule has 0 N–H and O–H groups in total. The van der Waals surface area contributed by atoms with Crippen molar-refractivity contribution < 1.29 is 14.3 Å². The second-order valence-corrected chi connectivity index (χ2v) is 5.70. The number of aryl methyl sites for hydroxylation is 3. The maximum atomic E-state index is 12.4. The van der Waals surface area contributed by atoms with Crippen molar-refractivity contribution in [3.63, 3.8) is 0 Å². The summed E-state index contributed by atoms with van der Waals surface area (Å²) in [5.74, 6) is -0.898. The fourth-order valence-corrected chi connectivity index (χ4v) is 2.53. The molecule has 0 aliphatic heterocycles. The first-order valence-corrected chi connectivity index (χ1v) is 7.76. The molecule has 0 spiro atoms. The van der Waals surface area contributed by atoms with E-state index in [1.54, 1.807) is 33.0 Å². The Balaban J connectivity index is 2.12. The first kappa shape index (κ1) is 17.2. The van der Waals surface area contributed by atoms with Crippen LogP contribution < -0.4 is 0 Å². The highest BCUT2D eigenvalue weighted by Crippen LogP contribution is 2.20. The van der Waals surface area contributed by atoms with Crippen LogP contribution >= 0.6 is 11.6 Å². The van der Waals surface area contributed by atoms with Crippen molar-refractivity contribution >= 4 is 23.4 Å². The van der Waals surface area contributed by atoms with Crippen LogP contribution in [-0.4, -0.2) is 27.6 Å². The average Bonchev–Trinajstić information content (AvgIpc) is 2.79. The molecule has 1 atom stereocenters. The van der Waals surface area contributed by atoms with Crippen LogP contribution in [0, 0.1) is 6.92 Å². The zero-order chi connectivity index (χ0) is 17.1. The van der Waals surface area contributed by atoms with Gasteiger partial charge in [0.15, 0.2) is 6.10 Å². The van der Waals surface area contributed by atoms with Gasteiger partial charge in [-0.3, -0.25) is 9.48 Å². The molecule has 0 bridgehead atoms. The number of carbonyl (C=O) groups excluding carboxylic acids is 2. The number of nitrogens with zero attached hydrogens (tertiary/aromatic N) is 2. The molecule has 0 amide bonds. The van der Waals surface area contributed by atoms with Crippen LogP contribution in [0.1, 0.15) is 45.8 Å². The number of hydrogen-bond donors (Lipinski definition) is 0. The standard InChI is InChI=1S/C17H19ClN2O3/c1-5-12-6-8-13(9-7-12)15(21)11(3)23-17(22)14-10(2)19-20(4)16(14)18/h6-9,11H,5H2,1-4H3. The molecule has 0 saturated carbocycles. The van der Waals surface area contributed by atoms with E-state index in [1.807, 2.05) is 19.1 Å². The summed E-state index contributed by atoms with van der Waals surface area (Å²) in [5, 5.41) is 4.25. The largest absolute Gasteiger partial charge is 0.451 e. The Hall–Kier alpha value is -2.14. The van der Waals surface area contributed by atoms with Gasteiger partial charge < -0.3 is 4.74 Å². The maximum Gasteiger partial charge on any atom is 0.343 e. The topological polar surface area (TPSA) is 61.2 Å². The summed E-state index contributed by atoms with van der Waals surface area (Å²) in [6, 6.07) is 7.27. The quantitative estimate of drug-likeness (QED) is 0.621. The van der Waals surface area contributed by atoms with Gasteiger partial charge in [0.05, 0.1) is 5.69 Å². The van der Waals surface area contributed by atoms with Gasteiger partial charge in [0.25, 0.3) is 0 Å². The van der Waals surface area contributed by atoms with Crippen molar-refractivity contribution in [2.45, 2.75) is 33.3 Å². The van der Waals surface area contributed by atoms with E-state index in [1.165, 1.54) is 4.68 Å². The molecule has 0 aliphatic rings. The summed E-state index contributed by atoms with van der Waals surface area (Å²) in [6.45, 7) is 5.26. The van der Waals surface area contributed by atoms with Gasteiger partial charge in [0, 0.05) is 12.6 Å². The number of halogens is 1. The van der Waals surface area contributed by atoms with Gasteiger partial charge in [0.1, 0.15) is 10.7 Å². The lowest BCUT2D eigenvalue weighted by molar-refractivity contribution is 0.0318. The first-order chi connectivity index (χ1) is 10.8. The molecule has 0 radical (unpaired) electrons. The molecule has 6 heteroatoms. The smallest absolute Gasteiger partial charge is 0.343 e. The number of Topliss-reactive ketones (excluding diaryl/α,β-unsaturated/α-hetero) is 1. The lowest BCUT2D eigenvalue weighted by Crippen LogP contribution is -2.24. The summed E-state index contributed by atoms with van der Waals surface area (Å²) in [7, 11) is 1.63. The molecule has 0 aliphatic carbocycles. The van der Waals surface area contributed by atoms with Gasteiger partial charge in [-0.2, -0.15) is 5.10 Å². The molecule has 0 saturated heterocycles. The number of esters is 1. The van der Waals surface area contributed by atoms with Crippen molar-refractivity contribution in [1.29, 1.82) is 0 Å². The molecule has 1 aromatic carbocycles. The third-order valence-corrected chi connectivity index (χ3v) is 4.09. The fraction of sp³-hybridized carbons (Fsp3) is 0.353. The molecule has 1 heterocycles. The molecule has 0 fully saturated rings. The van der Waals surface area contributed by atoms with Gasteiger partial charge in [-0.1, -0.05) is 42.8 Å². The monoisotopic (exact) mass is 334 g/mol. The highest BCUT2D eigenvalue weighted by molar-refractivity contribution is 6.32. The Morgan fingerprint density at radius 2 is 1.91 bits per heavy atom. The Kier molecular flexibility index (Phi) is 5.21. The predicted molar refractivity (Wildman–Crippen MR) is 88.0 cm³/mol. The van der Waals surface area contributed by atoms with Crippen LogP contribution in [0.25, 0.3) is 0 Å². The summed E-state index contributed by atoms with van der Waals surface area (Å²) < 4.78 is 6.65. The summed E-state index contributed by atoms with van der Waals surface area (Å²) in [6.07, 6.45) is 0.00304. The van der Waals surface area contributed by atoms with Crippen molar-refractivity contribution in [2.24, 2.45) is 7.05 Å². The van der Waals surface area contributed by atoms with Crippen LogP contribution in [-0.2, 0) is 18.2 Å². The zero-order valence-corrected chi connectivity index (χ0v) is 14.3. The van der Waals surface area contributed by atoms with Crippen molar-refractivity contribution in [3.05, 3.63) is 51.8 Å². The van der Waals surface area contributed by atoms with E-state index >= 15 is 0 Å². The van der Waals surface area contributed by atoms with Gasteiger partial charge in [0.2, 0.25) is 5.78 Å². The fourth-order valence-electron chi connectivity index (χ4n) is 2.27. The van der Waals surface area contributed by atoms with E-state index in [0.717, 1.165) is 12.0 Å². The molecule has 122 valence electrons. The normalized spacial score (nSPS) is 12.0. The molecule has 23 heavy (non-hydrogen) atoms. The second-order valence-electron chi connectivity index (χ2n) is 5.34. The summed E-state index contributed by atoms with van der Waals surface area (Å²) >= 11 is 6.04. The van der Waals surface area contributed by atoms with E-state index in [0.29, 0.717) is 11.3 Å². The van der Waals surface area contributed by atoms with Gasteiger partial charge in [-0.05, 0) is 25.8 Å². The minimum absolute atomic E-state index is 0.190. The minimum Gasteiger partial charge on any atom is -0.451 e. The molecule has 1 aromatic heterocycles. The first-order valence-electron chi connectivity index (χ1n) is 7.38. The molecular formula is C17H19ClN2O3. The molecule has 2 rings (SSSR count). The van der Waals surface area contributed by atoms with E-state index in [4.69, 9.17) is 16.3 Å². The van der Waals surface area contributed by atoms with Crippen molar-refractivity contribution in [3.8, 4) is 0 Å². The number of aromatic nitrogens is 2. The molecule has 2 aromatic rings. The third-order valence-electron chi connectivity index (χ3n) is 3.66. The van der Waals surface area contributed by atoms with Crippen molar-refractivity contribution in [2.75, 3.05) is 0 Å². The van der Waals surface area contributed by atoms with Crippen LogP contribution in [0.2, 0.25) is 5.15 Å². The molecule has 5 nitrogen and oxygen atoms in total. The highest BCUT2D eigenvalue weighted by atomic mass is 35.5. The summed E-state index contributed by atoms with van der Waals surface area (Å²) in [5.41, 5.74) is 2.31. The number of carbonyl (C=O) groups is 2. The average molecular weight is 335 g/mol. The Morgan fingerprint density at radius 3 is 2.39 bits per heavy atom. The van der Waals surface area contributed by atoms with E-state index in [-0.39, 0.29) is 16.5 Å². The number of rotatable bonds is 5. The van der Waals surface area contributed by atoms with E-state index in [9.17, 15) is 9.59 Å². The van der Waals surface area contributed by atoms with Gasteiger partial charge >= 0.3 is 5.97 Å². The predicted octanol–water partition coefficient (Wildman–Crippen LogP) is 3.37. The number of hydrogen-bond acceptors (Lipinski definition) is 4. The van der Waals surface area contributed by atoms with Gasteiger partial charge in [-0.25, -0.2) is 4.79 Å². The Labute approximate surface area is 140 Å². The Morgan fingerprint density at radius 1 is 1.30 bits per heavy atom. The van der Waals surface area contributed by atoms with E-state index < -0.39 is 12.1 Å². The van der Waals surface area contributed by atoms with Crippen LogP contribution in [0.5, 0.6) is 0 Å². The lowest BCUT2D eigenvalue weighted by Gasteiger charge is -2.12. The Bertz CT molecular complexity index is 735. The van der Waals surface area contributed by atoms with Crippen LogP contribution in [0.15, 0.2) is 24.3 Å². The lowest BCUT2D eigenvalue weighted by atomic mass is 10.0. The number of benzene rings is 1. The minimum atomic E-state index is -0.898. The second kappa shape index (κ2) is 6.96. The number of ether oxygens (including phenoxy) is 1. The third kappa shape index (κ3) is 3.62. The highest BCUT2D eigenvalue weighted by Gasteiger charge is 2.25. The SMILES string of the molecule is CCc1ccc(C(=O)C(C)OC(=O)c2c(C)nn(C)c2Cl)cc1. The van der Waals surface area contributed by atoms with Crippen molar-refractivity contribution in [1.82, 2.24) is 9.78 Å². The molecule has 1 unspecified atom stereocenters. The summed E-state index contributed by atoms with van der Waals surface area (Å²) in [4.78, 5) is 24.6. The molecular weight excluding hydrogens is 316 g/mol. The maximum absolute atomic E-state index is 12.4. The van der Waals surface area contributed by atoms with E-state index in [2.05, 4.69) is 5.10 Å². The number of ketones is 1. The van der Waals surface area contributed by atoms with Crippen LogP contribution in [0.3, 0.4) is 0 Å². The van der Waals surface area contributed by atoms with Crippen LogP contribution in [0.4, 0.5) is 0 Å². The van der Waals surface area contributed by atoms with Gasteiger partial charge in [-0.15, -0.1) is 0 Å².